The minimum atomic E-state index is -0.508. The Morgan fingerprint density at radius 3 is 2.79 bits per heavy atom. The number of nitrogens with one attached hydrogen (secondary N) is 1. The lowest BCUT2D eigenvalue weighted by atomic mass is 9.97. The maximum absolute atomic E-state index is 15.1. The maximum atomic E-state index is 15.1. The summed E-state index contributed by atoms with van der Waals surface area (Å²) < 4.78 is 22.7. The molecule has 0 spiro atoms. The van der Waals surface area contributed by atoms with Gasteiger partial charge in [-0.2, -0.15) is 5.10 Å². The molecular formula is C24H26FN7O. The van der Waals surface area contributed by atoms with Crippen LogP contribution in [0.5, 0.6) is 0 Å². The molecule has 0 unspecified atom stereocenters. The van der Waals surface area contributed by atoms with Gasteiger partial charge in [0, 0.05) is 47.8 Å². The van der Waals surface area contributed by atoms with Crippen LogP contribution in [-0.2, 0) is 17.7 Å². The van der Waals surface area contributed by atoms with E-state index in [0.29, 0.717) is 33.8 Å². The van der Waals surface area contributed by atoms with E-state index >= 15 is 4.39 Å². The normalized spacial score (nSPS) is 15.9. The fraction of sp³-hybridized carbons (Fsp3) is 0.292. The fourth-order valence-electron chi connectivity index (χ4n) is 4.37. The number of methoxy groups -OCH3 is 1. The lowest BCUT2D eigenvalue weighted by molar-refractivity contribution is 0.0800. The molecule has 0 radical (unpaired) electrons. The quantitative estimate of drug-likeness (QED) is 0.401. The molecule has 33 heavy (non-hydrogen) atoms. The van der Waals surface area contributed by atoms with Crippen molar-refractivity contribution in [2.45, 2.75) is 38.8 Å². The molecule has 9 heteroatoms. The van der Waals surface area contributed by atoms with Crippen molar-refractivity contribution in [2.24, 2.45) is 0 Å². The summed E-state index contributed by atoms with van der Waals surface area (Å²) >= 11 is 0. The van der Waals surface area contributed by atoms with Gasteiger partial charge in [-0.15, -0.1) is 0 Å². The van der Waals surface area contributed by atoms with Crippen molar-refractivity contribution in [1.82, 2.24) is 19.7 Å². The van der Waals surface area contributed by atoms with Crippen LogP contribution in [0.25, 0.3) is 21.9 Å². The summed E-state index contributed by atoms with van der Waals surface area (Å²) in [6.45, 7) is 2.56. The van der Waals surface area contributed by atoms with Gasteiger partial charge >= 0.3 is 0 Å². The average Bonchev–Trinajstić information content (AvgIpc) is 3.07. The highest BCUT2D eigenvalue weighted by molar-refractivity contribution is 5.98. The fourth-order valence-corrected chi connectivity index (χ4v) is 4.37. The zero-order valence-electron chi connectivity index (χ0n) is 18.6. The molecule has 1 aliphatic rings. The molecule has 0 aliphatic carbocycles. The minimum absolute atomic E-state index is 0.0442. The first-order valence-corrected chi connectivity index (χ1v) is 10.9. The molecular weight excluding hydrogens is 421 g/mol. The van der Waals surface area contributed by atoms with Crippen LogP contribution in [0.15, 0.2) is 36.8 Å². The summed E-state index contributed by atoms with van der Waals surface area (Å²) in [5.74, 6) is 0.796. The first kappa shape index (κ1) is 21.1. The molecule has 0 saturated carbocycles. The zero-order chi connectivity index (χ0) is 23.1. The number of aromatic nitrogens is 4. The molecule has 1 aromatic carbocycles. The van der Waals surface area contributed by atoms with Crippen molar-refractivity contribution in [3.8, 4) is 11.1 Å². The molecule has 4 aromatic rings. The molecule has 0 saturated heterocycles. The van der Waals surface area contributed by atoms with Crippen molar-refractivity contribution in [3.63, 3.8) is 0 Å². The van der Waals surface area contributed by atoms with E-state index in [-0.39, 0.29) is 11.8 Å². The number of anilines is 4. The first-order valence-electron chi connectivity index (χ1n) is 10.9. The Kier molecular flexibility index (Phi) is 5.33. The second kappa shape index (κ2) is 8.32. The largest absolute Gasteiger partial charge is 0.397 e. The SMILES string of the molecule is CO[C@H]1CCCc2cc(Nc3cc4cc(-c5cncc(N)c5C)c(F)c(N)c4cn3)nn2C1. The summed E-state index contributed by atoms with van der Waals surface area (Å²) in [6, 6.07) is 5.63. The standard InChI is InChI=1S/C24H26FN7O/c1-13-18(9-28-11-20(13)26)17-6-14-7-21(29-10-19(14)24(27)23(17)25)30-22-8-15-4-3-5-16(33-2)12-32(15)31-22/h6-11,16H,3-5,12,26-27H2,1-2H3,(H,29,30,31)/t16-/m0/s1. The van der Waals surface area contributed by atoms with Crippen molar-refractivity contribution in [3.05, 3.63) is 53.9 Å². The van der Waals surface area contributed by atoms with Gasteiger partial charge in [0.1, 0.15) is 5.82 Å². The molecule has 0 bridgehead atoms. The number of fused-ring (bicyclic) bond motifs is 2. The Labute approximate surface area is 190 Å². The number of rotatable bonds is 4. The number of hydrogen-bond donors (Lipinski definition) is 3. The Balaban J connectivity index is 1.51. The monoisotopic (exact) mass is 447 g/mol. The topological polar surface area (TPSA) is 117 Å². The lowest BCUT2D eigenvalue weighted by Crippen LogP contribution is -2.18. The number of nitrogens with two attached hydrogens (primary N) is 2. The van der Waals surface area contributed by atoms with Crippen molar-refractivity contribution in [2.75, 3.05) is 23.9 Å². The number of hydrogen-bond acceptors (Lipinski definition) is 7. The van der Waals surface area contributed by atoms with Crippen LogP contribution < -0.4 is 16.8 Å². The summed E-state index contributed by atoms with van der Waals surface area (Å²) in [5.41, 5.74) is 15.5. The van der Waals surface area contributed by atoms with Gasteiger partial charge in [0.05, 0.1) is 30.2 Å². The molecule has 5 rings (SSSR count). The molecule has 5 N–H and O–H groups in total. The molecule has 4 heterocycles. The number of nitrogens with zero attached hydrogens (tertiary/aromatic N) is 4. The number of nitrogen functional groups attached to an aromatic ring is 2. The van der Waals surface area contributed by atoms with Gasteiger partial charge in [-0.05, 0) is 49.3 Å². The van der Waals surface area contributed by atoms with E-state index in [1.165, 1.54) is 0 Å². The predicted octanol–water partition coefficient (Wildman–Crippen LogP) is 4.20. The summed E-state index contributed by atoms with van der Waals surface area (Å²) in [4.78, 5) is 8.55. The van der Waals surface area contributed by atoms with Gasteiger partial charge in [0.2, 0.25) is 0 Å². The molecule has 8 nitrogen and oxygen atoms in total. The smallest absolute Gasteiger partial charge is 0.154 e. The van der Waals surface area contributed by atoms with Gasteiger partial charge in [-0.3, -0.25) is 9.67 Å². The third-order valence-corrected chi connectivity index (χ3v) is 6.33. The van der Waals surface area contributed by atoms with E-state index in [1.807, 2.05) is 23.7 Å². The average molecular weight is 448 g/mol. The Hall–Kier alpha value is -3.72. The first-order chi connectivity index (χ1) is 15.9. The second-order valence-electron chi connectivity index (χ2n) is 8.42. The third-order valence-electron chi connectivity index (χ3n) is 6.33. The van der Waals surface area contributed by atoms with Gasteiger partial charge < -0.3 is 21.5 Å². The number of aryl methyl sites for hydroxylation is 1. The second-order valence-corrected chi connectivity index (χ2v) is 8.42. The molecule has 0 fully saturated rings. The Morgan fingerprint density at radius 2 is 1.97 bits per heavy atom. The van der Waals surface area contributed by atoms with Crippen LogP contribution in [0.1, 0.15) is 24.1 Å². The molecule has 0 amide bonds. The molecule has 3 aromatic heterocycles. The van der Waals surface area contributed by atoms with Crippen molar-refractivity contribution in [1.29, 1.82) is 0 Å². The summed E-state index contributed by atoms with van der Waals surface area (Å²) in [5, 5.41) is 9.25. The number of pyridine rings is 2. The van der Waals surface area contributed by atoms with Gasteiger partial charge in [-0.25, -0.2) is 9.37 Å². The highest BCUT2D eigenvalue weighted by Crippen LogP contribution is 2.36. The van der Waals surface area contributed by atoms with Crippen LogP contribution in [0.4, 0.5) is 27.4 Å². The van der Waals surface area contributed by atoms with Crippen molar-refractivity contribution < 1.29 is 9.13 Å². The third kappa shape index (κ3) is 3.84. The number of benzene rings is 1. The number of ether oxygens (including phenoxy) is 1. The Morgan fingerprint density at radius 1 is 1.12 bits per heavy atom. The van der Waals surface area contributed by atoms with Crippen LogP contribution in [0, 0.1) is 12.7 Å². The molecule has 170 valence electrons. The Bertz CT molecular complexity index is 1350. The van der Waals surface area contributed by atoms with E-state index in [9.17, 15) is 0 Å². The predicted molar refractivity (Wildman–Crippen MR) is 128 cm³/mol. The van der Waals surface area contributed by atoms with Crippen LogP contribution in [-0.4, -0.2) is 33.0 Å². The summed E-state index contributed by atoms with van der Waals surface area (Å²) in [6.07, 6.45) is 7.93. The van der Waals surface area contributed by atoms with Crippen LogP contribution in [0.3, 0.4) is 0 Å². The lowest BCUT2D eigenvalue weighted by Gasteiger charge is -2.13. The number of halogens is 1. The van der Waals surface area contributed by atoms with Crippen LogP contribution >= 0.6 is 0 Å². The maximum Gasteiger partial charge on any atom is 0.154 e. The zero-order valence-corrected chi connectivity index (χ0v) is 18.6. The van der Waals surface area contributed by atoms with E-state index < -0.39 is 5.82 Å². The molecule has 1 aliphatic heterocycles. The van der Waals surface area contributed by atoms with Gasteiger partial charge in [0.15, 0.2) is 11.6 Å². The van der Waals surface area contributed by atoms with E-state index in [4.69, 9.17) is 16.2 Å². The minimum Gasteiger partial charge on any atom is -0.397 e. The van der Waals surface area contributed by atoms with E-state index in [1.54, 1.807) is 31.8 Å². The highest BCUT2D eigenvalue weighted by Gasteiger charge is 2.19. The summed E-state index contributed by atoms with van der Waals surface area (Å²) in [7, 11) is 1.74. The van der Waals surface area contributed by atoms with Gasteiger partial charge in [-0.1, -0.05) is 0 Å². The van der Waals surface area contributed by atoms with Crippen LogP contribution in [0.2, 0.25) is 0 Å². The van der Waals surface area contributed by atoms with E-state index in [2.05, 4.69) is 20.4 Å². The van der Waals surface area contributed by atoms with Gasteiger partial charge in [0.25, 0.3) is 0 Å². The van der Waals surface area contributed by atoms with Crippen molar-refractivity contribution >= 4 is 33.8 Å². The van der Waals surface area contributed by atoms with E-state index in [0.717, 1.165) is 42.5 Å². The highest BCUT2D eigenvalue weighted by atomic mass is 19.1. The molecule has 1 atom stereocenters.